The summed E-state index contributed by atoms with van der Waals surface area (Å²) in [5.74, 6) is -0.254. The summed E-state index contributed by atoms with van der Waals surface area (Å²) in [4.78, 5) is 11.6. The van der Waals surface area contributed by atoms with Gasteiger partial charge in [-0.2, -0.15) is 0 Å². The second kappa shape index (κ2) is 3.95. The predicted octanol–water partition coefficient (Wildman–Crippen LogP) is 3.44. The highest BCUT2D eigenvalue weighted by Crippen LogP contribution is 2.42. The number of rotatable bonds is 3. The van der Waals surface area contributed by atoms with Gasteiger partial charge in [-0.1, -0.05) is 6.42 Å². The van der Waals surface area contributed by atoms with Crippen LogP contribution >= 0.6 is 23.1 Å². The summed E-state index contributed by atoms with van der Waals surface area (Å²) in [7, 11) is 0. The fourth-order valence-corrected chi connectivity index (χ4v) is 3.32. The lowest BCUT2D eigenvalue weighted by molar-refractivity contribution is 0.0700. The van der Waals surface area contributed by atoms with Crippen LogP contribution in [-0.2, 0) is 0 Å². The highest BCUT2D eigenvalue weighted by atomic mass is 32.2. The zero-order valence-corrected chi connectivity index (χ0v) is 9.58. The molecule has 0 bridgehead atoms. The molecule has 1 aliphatic carbocycles. The van der Waals surface area contributed by atoms with E-state index in [1.54, 1.807) is 11.8 Å². The Morgan fingerprint density at radius 3 is 2.79 bits per heavy atom. The molecule has 1 saturated carbocycles. The summed E-state index contributed by atoms with van der Waals surface area (Å²) in [5.41, 5.74) is 1.07. The quantitative estimate of drug-likeness (QED) is 0.805. The second-order valence-corrected chi connectivity index (χ2v) is 5.65. The van der Waals surface area contributed by atoms with Crippen LogP contribution in [0.15, 0.2) is 10.3 Å². The van der Waals surface area contributed by atoms with E-state index in [0.29, 0.717) is 10.8 Å². The minimum absolute atomic E-state index is 0.512. The van der Waals surface area contributed by atoms with Crippen molar-refractivity contribution in [1.82, 2.24) is 0 Å². The molecule has 76 valence electrons. The van der Waals surface area contributed by atoms with Gasteiger partial charge in [-0.05, 0) is 36.6 Å². The average Bonchev–Trinajstić information content (AvgIpc) is 2.45. The van der Waals surface area contributed by atoms with Gasteiger partial charge in [0.2, 0.25) is 0 Å². The van der Waals surface area contributed by atoms with Crippen LogP contribution in [0, 0.1) is 0 Å². The molecule has 0 aromatic carbocycles. The topological polar surface area (TPSA) is 37.3 Å². The zero-order chi connectivity index (χ0) is 10.1. The van der Waals surface area contributed by atoms with Gasteiger partial charge in [0, 0.05) is 0 Å². The van der Waals surface area contributed by atoms with E-state index in [-0.39, 0.29) is 0 Å². The van der Waals surface area contributed by atoms with Crippen molar-refractivity contribution in [3.63, 3.8) is 0 Å². The van der Waals surface area contributed by atoms with Gasteiger partial charge in [-0.15, -0.1) is 23.1 Å². The number of carboxylic acids is 1. The molecule has 1 N–H and O–H groups in total. The molecular formula is C10H12O2S2. The SMILES string of the molecule is CSc1cc(C2CCC2)c(C(=O)O)s1. The van der Waals surface area contributed by atoms with E-state index in [0.717, 1.165) is 22.6 Å². The van der Waals surface area contributed by atoms with Gasteiger partial charge in [0.25, 0.3) is 0 Å². The first kappa shape index (κ1) is 10.1. The standard InChI is InChI=1S/C10H12O2S2/c1-13-8-5-7(6-3-2-4-6)9(14-8)10(11)12/h5-6H,2-4H2,1H3,(H,11,12). The van der Waals surface area contributed by atoms with Gasteiger partial charge in [-0.3, -0.25) is 0 Å². The largest absolute Gasteiger partial charge is 0.477 e. The van der Waals surface area contributed by atoms with Gasteiger partial charge in [-0.25, -0.2) is 4.79 Å². The summed E-state index contributed by atoms with van der Waals surface area (Å²) >= 11 is 3.04. The number of aromatic carboxylic acids is 1. The summed E-state index contributed by atoms with van der Waals surface area (Å²) in [6.07, 6.45) is 5.55. The molecule has 14 heavy (non-hydrogen) atoms. The maximum atomic E-state index is 11.0. The monoisotopic (exact) mass is 228 g/mol. The van der Waals surface area contributed by atoms with Gasteiger partial charge >= 0.3 is 5.97 Å². The van der Waals surface area contributed by atoms with Crippen LogP contribution in [0.2, 0.25) is 0 Å². The van der Waals surface area contributed by atoms with Crippen molar-refractivity contribution in [3.8, 4) is 0 Å². The summed E-state index contributed by atoms with van der Waals surface area (Å²) in [6, 6.07) is 2.06. The van der Waals surface area contributed by atoms with Crippen molar-refractivity contribution in [2.75, 3.05) is 6.26 Å². The third-order valence-corrected chi connectivity index (χ3v) is 4.88. The van der Waals surface area contributed by atoms with Crippen LogP contribution < -0.4 is 0 Å². The Morgan fingerprint density at radius 2 is 2.36 bits per heavy atom. The maximum absolute atomic E-state index is 11.0. The Labute approximate surface area is 91.3 Å². The fraction of sp³-hybridized carbons (Fsp3) is 0.500. The normalized spacial score (nSPS) is 16.6. The smallest absolute Gasteiger partial charge is 0.346 e. The number of carboxylic acid groups (broad SMARTS) is 1. The van der Waals surface area contributed by atoms with Crippen LogP contribution in [0.25, 0.3) is 0 Å². The van der Waals surface area contributed by atoms with Crippen molar-refractivity contribution in [3.05, 3.63) is 16.5 Å². The number of carbonyl (C=O) groups is 1. The minimum atomic E-state index is -0.766. The molecule has 2 rings (SSSR count). The number of thioether (sulfide) groups is 1. The number of hydrogen-bond donors (Lipinski definition) is 1. The van der Waals surface area contributed by atoms with Crippen molar-refractivity contribution in [1.29, 1.82) is 0 Å². The molecule has 4 heteroatoms. The zero-order valence-electron chi connectivity index (χ0n) is 7.95. The molecule has 1 fully saturated rings. The van der Waals surface area contributed by atoms with Gasteiger partial charge in [0.05, 0.1) is 4.21 Å². The lowest BCUT2D eigenvalue weighted by atomic mass is 9.80. The third-order valence-electron chi connectivity index (χ3n) is 2.68. The van der Waals surface area contributed by atoms with E-state index < -0.39 is 5.97 Å². The van der Waals surface area contributed by atoms with Crippen molar-refractivity contribution in [2.24, 2.45) is 0 Å². The first-order valence-corrected chi connectivity index (χ1v) is 6.67. The molecule has 0 unspecified atom stereocenters. The van der Waals surface area contributed by atoms with E-state index in [2.05, 4.69) is 6.07 Å². The van der Waals surface area contributed by atoms with Gasteiger partial charge < -0.3 is 5.11 Å². The Hall–Kier alpha value is -0.480. The Bertz CT molecular complexity index is 353. The van der Waals surface area contributed by atoms with E-state index in [1.165, 1.54) is 17.8 Å². The lowest BCUT2D eigenvalue weighted by Crippen LogP contribution is -2.11. The van der Waals surface area contributed by atoms with Crippen LogP contribution in [0.5, 0.6) is 0 Å². The molecule has 0 atom stereocenters. The summed E-state index contributed by atoms with van der Waals surface area (Å²) < 4.78 is 1.12. The molecule has 1 heterocycles. The average molecular weight is 228 g/mol. The summed E-state index contributed by atoms with van der Waals surface area (Å²) in [5, 5.41) is 9.04. The van der Waals surface area contributed by atoms with Crippen LogP contribution in [0.4, 0.5) is 0 Å². The van der Waals surface area contributed by atoms with E-state index in [4.69, 9.17) is 5.11 Å². The Kier molecular flexibility index (Phi) is 2.83. The number of thiophene rings is 1. The first-order chi connectivity index (χ1) is 6.72. The maximum Gasteiger partial charge on any atom is 0.346 e. The van der Waals surface area contributed by atoms with Gasteiger partial charge in [0.15, 0.2) is 0 Å². The van der Waals surface area contributed by atoms with Gasteiger partial charge in [0.1, 0.15) is 4.88 Å². The summed E-state index contributed by atoms with van der Waals surface area (Å²) in [6.45, 7) is 0. The fourth-order valence-electron chi connectivity index (χ4n) is 1.67. The molecule has 1 aliphatic rings. The van der Waals surface area contributed by atoms with Crippen molar-refractivity contribution < 1.29 is 9.90 Å². The van der Waals surface area contributed by atoms with Crippen LogP contribution in [0.3, 0.4) is 0 Å². The second-order valence-electron chi connectivity index (χ2n) is 3.49. The molecular weight excluding hydrogens is 216 g/mol. The molecule has 0 saturated heterocycles. The first-order valence-electron chi connectivity index (χ1n) is 4.63. The predicted molar refractivity (Wildman–Crippen MR) is 59.7 cm³/mol. The molecule has 0 aliphatic heterocycles. The van der Waals surface area contributed by atoms with E-state index >= 15 is 0 Å². The molecule has 0 radical (unpaired) electrons. The Morgan fingerprint density at radius 1 is 1.64 bits per heavy atom. The minimum Gasteiger partial charge on any atom is -0.477 e. The molecule has 0 spiro atoms. The number of hydrogen-bond acceptors (Lipinski definition) is 3. The molecule has 2 nitrogen and oxygen atoms in total. The van der Waals surface area contributed by atoms with Crippen LogP contribution in [-0.4, -0.2) is 17.3 Å². The van der Waals surface area contributed by atoms with E-state index in [9.17, 15) is 4.79 Å². The van der Waals surface area contributed by atoms with Crippen molar-refractivity contribution >= 4 is 29.1 Å². The lowest BCUT2D eigenvalue weighted by Gasteiger charge is -2.25. The van der Waals surface area contributed by atoms with E-state index in [1.807, 2.05) is 6.26 Å². The molecule has 1 aromatic rings. The van der Waals surface area contributed by atoms with Crippen molar-refractivity contribution in [2.45, 2.75) is 29.4 Å². The highest BCUT2D eigenvalue weighted by Gasteiger charge is 2.26. The van der Waals surface area contributed by atoms with Crippen LogP contribution in [0.1, 0.15) is 40.4 Å². The molecule has 1 aromatic heterocycles. The molecule has 0 amide bonds. The third kappa shape index (κ3) is 1.68. The highest BCUT2D eigenvalue weighted by molar-refractivity contribution is 8.00. The Balaban J connectivity index is 2.34.